The molecule has 0 saturated heterocycles. The van der Waals surface area contributed by atoms with Crippen molar-refractivity contribution < 1.29 is 13.9 Å². The third-order valence-electron chi connectivity index (χ3n) is 2.83. The van der Waals surface area contributed by atoms with Crippen LogP contribution >= 0.6 is 11.6 Å². The number of carbonyl (C=O) groups excluding carboxylic acids is 1. The van der Waals surface area contributed by atoms with Gasteiger partial charge in [-0.25, -0.2) is 4.39 Å². The maximum absolute atomic E-state index is 13.1. The summed E-state index contributed by atoms with van der Waals surface area (Å²) >= 11 is 5.90. The monoisotopic (exact) mass is 278 g/mol. The van der Waals surface area contributed by atoms with E-state index in [0.717, 1.165) is 11.1 Å². The summed E-state index contributed by atoms with van der Waals surface area (Å²) in [4.78, 5) is 11.0. The van der Waals surface area contributed by atoms with Crippen molar-refractivity contribution in [3.05, 3.63) is 63.9 Å². The van der Waals surface area contributed by atoms with E-state index in [0.29, 0.717) is 22.6 Å². The highest BCUT2D eigenvalue weighted by Crippen LogP contribution is 2.25. The number of ether oxygens (including phenoxy) is 1. The normalized spacial score (nSPS) is 10.3. The Balaban J connectivity index is 2.21. The molecule has 0 spiro atoms. The van der Waals surface area contributed by atoms with E-state index in [2.05, 4.69) is 0 Å². The van der Waals surface area contributed by atoms with Crippen LogP contribution in [0.15, 0.2) is 36.4 Å². The van der Waals surface area contributed by atoms with Crippen LogP contribution in [0.1, 0.15) is 21.5 Å². The summed E-state index contributed by atoms with van der Waals surface area (Å²) in [5, 5.41) is 0.337. The van der Waals surface area contributed by atoms with Gasteiger partial charge in [-0.15, -0.1) is 0 Å². The van der Waals surface area contributed by atoms with Gasteiger partial charge in [-0.1, -0.05) is 23.7 Å². The summed E-state index contributed by atoms with van der Waals surface area (Å²) < 4.78 is 18.7. The van der Waals surface area contributed by atoms with Crippen molar-refractivity contribution in [1.29, 1.82) is 0 Å². The fourth-order valence-corrected chi connectivity index (χ4v) is 1.92. The molecular formula is C15H12ClFO2. The topological polar surface area (TPSA) is 26.3 Å². The summed E-state index contributed by atoms with van der Waals surface area (Å²) in [6.07, 6.45) is 0.649. The zero-order valence-corrected chi connectivity index (χ0v) is 11.1. The predicted molar refractivity (Wildman–Crippen MR) is 72.3 cm³/mol. The first kappa shape index (κ1) is 13.6. The van der Waals surface area contributed by atoms with E-state index in [9.17, 15) is 9.18 Å². The Kier molecular flexibility index (Phi) is 4.17. The van der Waals surface area contributed by atoms with Crippen LogP contribution in [0, 0.1) is 12.7 Å². The maximum Gasteiger partial charge on any atom is 0.155 e. The molecule has 0 unspecified atom stereocenters. The van der Waals surface area contributed by atoms with Crippen molar-refractivity contribution in [3.63, 3.8) is 0 Å². The highest BCUT2D eigenvalue weighted by atomic mass is 35.5. The van der Waals surface area contributed by atoms with E-state index in [1.54, 1.807) is 24.3 Å². The molecule has 2 nitrogen and oxygen atoms in total. The molecule has 0 aliphatic carbocycles. The molecule has 0 fully saturated rings. The van der Waals surface area contributed by atoms with Gasteiger partial charge in [0.2, 0.25) is 0 Å². The summed E-state index contributed by atoms with van der Waals surface area (Å²) in [6.45, 7) is 2.06. The Morgan fingerprint density at radius 3 is 2.84 bits per heavy atom. The number of carbonyl (C=O) groups is 1. The first-order chi connectivity index (χ1) is 9.11. The van der Waals surface area contributed by atoms with Crippen molar-refractivity contribution in [3.8, 4) is 5.75 Å². The van der Waals surface area contributed by atoms with Gasteiger partial charge in [-0.05, 0) is 42.3 Å². The van der Waals surface area contributed by atoms with E-state index >= 15 is 0 Å². The minimum absolute atomic E-state index is 0.185. The largest absolute Gasteiger partial charge is 0.488 e. The molecule has 2 aromatic carbocycles. The quantitative estimate of drug-likeness (QED) is 0.784. The number of hydrogen-bond acceptors (Lipinski definition) is 2. The van der Waals surface area contributed by atoms with Crippen molar-refractivity contribution in [2.45, 2.75) is 13.5 Å². The average molecular weight is 279 g/mol. The van der Waals surface area contributed by atoms with Gasteiger partial charge in [0.1, 0.15) is 18.2 Å². The molecule has 0 saturated carbocycles. The van der Waals surface area contributed by atoms with Gasteiger partial charge in [0.15, 0.2) is 6.29 Å². The highest BCUT2D eigenvalue weighted by Gasteiger charge is 2.08. The van der Waals surface area contributed by atoms with Gasteiger partial charge in [0.05, 0.1) is 10.6 Å². The molecular weight excluding hydrogens is 267 g/mol. The second kappa shape index (κ2) is 5.85. The van der Waals surface area contributed by atoms with Crippen LogP contribution in [-0.2, 0) is 6.61 Å². The standard InChI is InChI=1S/C15H12ClFO2/c1-10-5-6-12(17)7-11(10)9-19-15-4-2-3-14(16)13(15)8-18/h2-8H,9H2,1H3. The van der Waals surface area contributed by atoms with E-state index in [1.165, 1.54) is 12.1 Å². The summed E-state index contributed by atoms with van der Waals surface area (Å²) in [7, 11) is 0. The lowest BCUT2D eigenvalue weighted by atomic mass is 10.1. The molecule has 19 heavy (non-hydrogen) atoms. The van der Waals surface area contributed by atoms with Crippen LogP contribution in [0.2, 0.25) is 5.02 Å². The first-order valence-corrected chi connectivity index (χ1v) is 6.11. The zero-order valence-electron chi connectivity index (χ0n) is 10.3. The van der Waals surface area contributed by atoms with Gasteiger partial charge < -0.3 is 4.74 Å². The summed E-state index contributed by atoms with van der Waals surface area (Å²) in [5.41, 5.74) is 1.96. The molecule has 4 heteroatoms. The number of aryl methyl sites for hydroxylation is 1. The van der Waals surface area contributed by atoms with Crippen LogP contribution in [0.3, 0.4) is 0 Å². The maximum atomic E-state index is 13.1. The van der Waals surface area contributed by atoms with Gasteiger partial charge in [-0.2, -0.15) is 0 Å². The van der Waals surface area contributed by atoms with E-state index in [-0.39, 0.29) is 12.4 Å². The molecule has 0 atom stereocenters. The van der Waals surface area contributed by atoms with E-state index in [1.807, 2.05) is 6.92 Å². The smallest absolute Gasteiger partial charge is 0.155 e. The highest BCUT2D eigenvalue weighted by molar-refractivity contribution is 6.33. The van der Waals surface area contributed by atoms with Crippen molar-refractivity contribution in [1.82, 2.24) is 0 Å². The number of benzene rings is 2. The Bertz CT molecular complexity index is 611. The molecule has 0 N–H and O–H groups in total. The molecule has 2 rings (SSSR count). The molecule has 0 amide bonds. The first-order valence-electron chi connectivity index (χ1n) is 5.73. The van der Waals surface area contributed by atoms with Crippen LogP contribution in [0.4, 0.5) is 4.39 Å². The van der Waals surface area contributed by atoms with Crippen LogP contribution in [0.25, 0.3) is 0 Å². The Morgan fingerprint density at radius 2 is 2.11 bits per heavy atom. The Labute approximate surface area is 115 Å². The van der Waals surface area contributed by atoms with Crippen LogP contribution < -0.4 is 4.74 Å². The molecule has 0 bridgehead atoms. The molecule has 0 aliphatic heterocycles. The van der Waals surface area contributed by atoms with Gasteiger partial charge in [0, 0.05) is 0 Å². The van der Waals surface area contributed by atoms with Crippen LogP contribution in [-0.4, -0.2) is 6.29 Å². The SMILES string of the molecule is Cc1ccc(F)cc1COc1cccc(Cl)c1C=O. The minimum atomic E-state index is -0.314. The van der Waals surface area contributed by atoms with Gasteiger partial charge in [0.25, 0.3) is 0 Å². The van der Waals surface area contributed by atoms with E-state index in [4.69, 9.17) is 16.3 Å². The Morgan fingerprint density at radius 1 is 1.32 bits per heavy atom. The molecule has 2 aromatic rings. The lowest BCUT2D eigenvalue weighted by Gasteiger charge is -2.11. The van der Waals surface area contributed by atoms with Crippen molar-refractivity contribution >= 4 is 17.9 Å². The number of halogens is 2. The third kappa shape index (κ3) is 3.12. The van der Waals surface area contributed by atoms with Gasteiger partial charge in [-0.3, -0.25) is 4.79 Å². The van der Waals surface area contributed by atoms with Gasteiger partial charge >= 0.3 is 0 Å². The number of aldehydes is 1. The molecule has 0 aromatic heterocycles. The van der Waals surface area contributed by atoms with Crippen LogP contribution in [0.5, 0.6) is 5.75 Å². The second-order valence-corrected chi connectivity index (χ2v) is 4.54. The van der Waals surface area contributed by atoms with E-state index < -0.39 is 0 Å². The molecule has 0 heterocycles. The third-order valence-corrected chi connectivity index (χ3v) is 3.15. The lowest BCUT2D eigenvalue weighted by molar-refractivity contribution is 0.111. The van der Waals surface area contributed by atoms with Crippen molar-refractivity contribution in [2.75, 3.05) is 0 Å². The number of rotatable bonds is 4. The van der Waals surface area contributed by atoms with Crippen molar-refractivity contribution in [2.24, 2.45) is 0 Å². The summed E-state index contributed by atoms with van der Waals surface area (Å²) in [6, 6.07) is 9.47. The fourth-order valence-electron chi connectivity index (χ4n) is 1.71. The molecule has 0 radical (unpaired) electrons. The molecule has 98 valence electrons. The predicted octanol–water partition coefficient (Wildman–Crippen LogP) is 4.18. The second-order valence-electron chi connectivity index (χ2n) is 4.13. The summed E-state index contributed by atoms with van der Waals surface area (Å²) in [5.74, 6) is 0.0806. The minimum Gasteiger partial charge on any atom is -0.488 e. The average Bonchev–Trinajstić information content (AvgIpc) is 2.40. The zero-order chi connectivity index (χ0) is 13.8. The number of hydrogen-bond donors (Lipinski definition) is 0. The fraction of sp³-hybridized carbons (Fsp3) is 0.133. The Hall–Kier alpha value is -1.87. The molecule has 0 aliphatic rings. The lowest BCUT2D eigenvalue weighted by Crippen LogP contribution is -2.01.